The summed E-state index contributed by atoms with van der Waals surface area (Å²) in [5.74, 6) is 0.883. The molecule has 1 heterocycles. The van der Waals surface area contributed by atoms with E-state index in [-0.39, 0.29) is 0 Å². The average molecular weight is 255 g/mol. The van der Waals surface area contributed by atoms with Gasteiger partial charge in [-0.05, 0) is 41.8 Å². The fourth-order valence-corrected chi connectivity index (χ4v) is 2.44. The number of anilines is 1. The molecule has 2 aromatic rings. The first kappa shape index (κ1) is 12.1. The van der Waals surface area contributed by atoms with Gasteiger partial charge >= 0.3 is 0 Å². The van der Waals surface area contributed by atoms with Gasteiger partial charge in [0.15, 0.2) is 0 Å². The van der Waals surface area contributed by atoms with Crippen LogP contribution in [0, 0.1) is 0 Å². The van der Waals surface area contributed by atoms with Crippen molar-refractivity contribution in [2.45, 2.75) is 19.6 Å². The van der Waals surface area contributed by atoms with Gasteiger partial charge in [0.05, 0.1) is 6.61 Å². The lowest BCUT2D eigenvalue weighted by molar-refractivity contribution is 0.212. The maximum absolute atomic E-state index is 9.59. The zero-order chi connectivity index (χ0) is 13.2. The molecule has 2 aromatic carbocycles. The average Bonchev–Trinajstić information content (AvgIpc) is 2.78. The number of aliphatic hydroxyl groups is 1. The molecule has 0 aromatic heterocycles. The highest BCUT2D eigenvalue weighted by atomic mass is 16.5. The van der Waals surface area contributed by atoms with Crippen molar-refractivity contribution in [3.63, 3.8) is 0 Å². The molecule has 0 saturated carbocycles. The Hall–Kier alpha value is -2.00. The van der Waals surface area contributed by atoms with Crippen molar-refractivity contribution >= 4 is 5.69 Å². The molecule has 3 rings (SSSR count). The van der Waals surface area contributed by atoms with Gasteiger partial charge in [0.25, 0.3) is 0 Å². The largest absolute Gasteiger partial charge is 0.494 e. The van der Waals surface area contributed by atoms with Crippen LogP contribution in [0.3, 0.4) is 0 Å². The molecular formula is C16H17NO2. The summed E-state index contributed by atoms with van der Waals surface area (Å²) in [6.45, 7) is 2.65. The summed E-state index contributed by atoms with van der Waals surface area (Å²) in [4.78, 5) is 0. The Morgan fingerprint density at radius 2 is 2.05 bits per heavy atom. The van der Waals surface area contributed by atoms with Crippen LogP contribution in [-0.4, -0.2) is 17.9 Å². The van der Waals surface area contributed by atoms with Crippen LogP contribution in [0.2, 0.25) is 0 Å². The first-order valence-corrected chi connectivity index (χ1v) is 6.57. The number of rotatable bonds is 3. The Morgan fingerprint density at radius 3 is 2.89 bits per heavy atom. The third kappa shape index (κ3) is 2.42. The number of ether oxygens (including phenoxy) is 1. The number of fused-ring (bicyclic) bond motifs is 1. The van der Waals surface area contributed by atoms with Gasteiger partial charge in [0.2, 0.25) is 0 Å². The molecule has 98 valence electrons. The van der Waals surface area contributed by atoms with Crippen LogP contribution in [0.15, 0.2) is 42.5 Å². The summed E-state index contributed by atoms with van der Waals surface area (Å²) in [6, 6.07) is 14.3. The molecule has 0 fully saturated rings. The first-order chi connectivity index (χ1) is 9.26. The number of hydrogen-bond acceptors (Lipinski definition) is 3. The third-order valence-electron chi connectivity index (χ3n) is 3.32. The molecule has 2 N–H and O–H groups in total. The normalized spacial score (nSPS) is 16.8. The van der Waals surface area contributed by atoms with Crippen molar-refractivity contribution in [2.75, 3.05) is 11.9 Å². The van der Waals surface area contributed by atoms with Crippen LogP contribution in [0.25, 0.3) is 11.1 Å². The Balaban J connectivity index is 1.94. The summed E-state index contributed by atoms with van der Waals surface area (Å²) in [5, 5.41) is 12.7. The number of benzene rings is 2. The Labute approximate surface area is 112 Å². The molecule has 1 aliphatic heterocycles. The van der Waals surface area contributed by atoms with Crippen molar-refractivity contribution in [3.8, 4) is 16.9 Å². The summed E-state index contributed by atoms with van der Waals surface area (Å²) in [6.07, 6.45) is 0.217. The highest BCUT2D eigenvalue weighted by Crippen LogP contribution is 2.31. The number of aliphatic hydroxyl groups excluding tert-OH is 1. The summed E-state index contributed by atoms with van der Waals surface area (Å²) >= 11 is 0. The van der Waals surface area contributed by atoms with Gasteiger partial charge in [-0.2, -0.15) is 0 Å². The molecule has 1 atom stereocenters. The molecule has 3 nitrogen and oxygen atoms in total. The lowest BCUT2D eigenvalue weighted by atomic mass is 10.0. The minimum Gasteiger partial charge on any atom is -0.494 e. The van der Waals surface area contributed by atoms with Gasteiger partial charge in [-0.3, -0.25) is 0 Å². The second kappa shape index (κ2) is 4.94. The summed E-state index contributed by atoms with van der Waals surface area (Å²) < 4.78 is 5.52. The monoisotopic (exact) mass is 255 g/mol. The van der Waals surface area contributed by atoms with Gasteiger partial charge in [0, 0.05) is 12.1 Å². The molecule has 0 aliphatic carbocycles. The fourth-order valence-electron chi connectivity index (χ4n) is 2.44. The second-order valence-electron chi connectivity index (χ2n) is 4.70. The Bertz CT molecular complexity index is 595. The van der Waals surface area contributed by atoms with Crippen LogP contribution in [0.1, 0.15) is 12.5 Å². The zero-order valence-electron chi connectivity index (χ0n) is 10.9. The minimum atomic E-state index is -0.458. The van der Waals surface area contributed by atoms with E-state index in [0.717, 1.165) is 28.1 Å². The van der Waals surface area contributed by atoms with E-state index >= 15 is 0 Å². The maximum Gasteiger partial charge on any atom is 0.128 e. The van der Waals surface area contributed by atoms with Gasteiger partial charge in [-0.1, -0.05) is 24.3 Å². The first-order valence-electron chi connectivity index (χ1n) is 6.57. The van der Waals surface area contributed by atoms with Crippen LogP contribution < -0.4 is 10.1 Å². The number of hydrogen-bond donors (Lipinski definition) is 2. The zero-order valence-corrected chi connectivity index (χ0v) is 10.9. The van der Waals surface area contributed by atoms with Crippen LogP contribution in [0.4, 0.5) is 5.69 Å². The van der Waals surface area contributed by atoms with Gasteiger partial charge < -0.3 is 15.2 Å². The Kier molecular flexibility index (Phi) is 3.13. The van der Waals surface area contributed by atoms with Crippen molar-refractivity contribution in [2.24, 2.45) is 0 Å². The molecule has 0 saturated heterocycles. The van der Waals surface area contributed by atoms with Gasteiger partial charge in [-0.25, -0.2) is 0 Å². The van der Waals surface area contributed by atoms with Crippen LogP contribution in [-0.2, 0) is 6.42 Å². The van der Waals surface area contributed by atoms with Crippen molar-refractivity contribution in [3.05, 3.63) is 48.0 Å². The number of nitrogens with one attached hydrogen (secondary N) is 1. The topological polar surface area (TPSA) is 41.5 Å². The molecule has 0 amide bonds. The SMILES string of the molecule is CCOc1cccc(-c2ccc3c(c2)NC(O)C3)c1. The standard InChI is InChI=1S/C16H17NO2/c1-2-19-14-5-3-4-11(8-14)12-6-7-13-10-16(18)17-15(13)9-12/h3-9,16-18H,2,10H2,1H3. The quantitative estimate of drug-likeness (QED) is 0.885. The van der Waals surface area contributed by atoms with Crippen molar-refractivity contribution in [1.82, 2.24) is 0 Å². The van der Waals surface area contributed by atoms with Crippen molar-refractivity contribution < 1.29 is 9.84 Å². The predicted octanol–water partition coefficient (Wildman–Crippen LogP) is 3.04. The Morgan fingerprint density at radius 1 is 1.21 bits per heavy atom. The molecule has 1 aliphatic rings. The van der Waals surface area contributed by atoms with E-state index in [1.54, 1.807) is 0 Å². The van der Waals surface area contributed by atoms with E-state index < -0.39 is 6.23 Å². The smallest absolute Gasteiger partial charge is 0.128 e. The molecule has 0 radical (unpaired) electrons. The molecule has 1 unspecified atom stereocenters. The highest BCUT2D eigenvalue weighted by molar-refractivity contribution is 5.72. The molecular weight excluding hydrogens is 238 g/mol. The van der Waals surface area contributed by atoms with Gasteiger partial charge in [-0.15, -0.1) is 0 Å². The van der Waals surface area contributed by atoms with Crippen LogP contribution in [0.5, 0.6) is 5.75 Å². The molecule has 0 bridgehead atoms. The van der Waals surface area contributed by atoms with E-state index in [9.17, 15) is 5.11 Å². The summed E-state index contributed by atoms with van der Waals surface area (Å²) in [7, 11) is 0. The van der Waals surface area contributed by atoms with E-state index in [4.69, 9.17) is 4.74 Å². The van der Waals surface area contributed by atoms with Crippen LogP contribution >= 0.6 is 0 Å². The molecule has 19 heavy (non-hydrogen) atoms. The maximum atomic E-state index is 9.59. The predicted molar refractivity (Wildman–Crippen MR) is 76.4 cm³/mol. The lowest BCUT2D eigenvalue weighted by Crippen LogP contribution is -2.12. The van der Waals surface area contributed by atoms with E-state index in [0.29, 0.717) is 13.0 Å². The van der Waals surface area contributed by atoms with E-state index in [2.05, 4.69) is 29.6 Å². The molecule has 3 heteroatoms. The van der Waals surface area contributed by atoms with Gasteiger partial charge in [0.1, 0.15) is 12.0 Å². The van der Waals surface area contributed by atoms with E-state index in [1.807, 2.05) is 25.1 Å². The minimum absolute atomic E-state index is 0.458. The second-order valence-corrected chi connectivity index (χ2v) is 4.70. The fraction of sp³-hybridized carbons (Fsp3) is 0.250. The van der Waals surface area contributed by atoms with Crippen molar-refractivity contribution in [1.29, 1.82) is 0 Å². The third-order valence-corrected chi connectivity index (χ3v) is 3.32. The van der Waals surface area contributed by atoms with E-state index in [1.165, 1.54) is 0 Å². The lowest BCUT2D eigenvalue weighted by Gasteiger charge is -2.08. The summed E-state index contributed by atoms with van der Waals surface area (Å²) in [5.41, 5.74) is 4.43. The highest BCUT2D eigenvalue weighted by Gasteiger charge is 2.18. The molecule has 0 spiro atoms.